The molecule has 0 saturated heterocycles. The van der Waals surface area contributed by atoms with Gasteiger partial charge in [0.25, 0.3) is 0 Å². The maximum absolute atomic E-state index is 12.5. The third-order valence-corrected chi connectivity index (χ3v) is 4.39. The van der Waals surface area contributed by atoms with E-state index < -0.39 is 55.4 Å². The number of carbonyl (C=O) groups excluding carboxylic acids is 1. The van der Waals surface area contributed by atoms with Gasteiger partial charge in [0.15, 0.2) is 5.78 Å². The highest BCUT2D eigenvalue weighted by Crippen LogP contribution is 2.27. The number of Topliss-reactive ketones (excluding diaryl/α,β-unsaturated/α-hetero) is 1. The first-order chi connectivity index (χ1) is 13.8. The van der Waals surface area contributed by atoms with Crippen LogP contribution in [0.5, 0.6) is 0 Å². The topological polar surface area (TPSA) is 76.0 Å². The molecule has 4 unspecified atom stereocenters. The van der Waals surface area contributed by atoms with Crippen molar-refractivity contribution in [2.45, 2.75) is 102 Å². The minimum atomic E-state index is -4.39. The van der Waals surface area contributed by atoms with E-state index in [-0.39, 0.29) is 51.7 Å². The molecule has 0 bridgehead atoms. The normalized spacial score (nSPS) is 16.9. The molecule has 0 aromatic rings. The van der Waals surface area contributed by atoms with Crippen molar-refractivity contribution >= 4 is 5.78 Å². The smallest absolute Gasteiger partial charge is 0.385 e. The summed E-state index contributed by atoms with van der Waals surface area (Å²) in [5.74, 6) is -0.900. The Morgan fingerprint density at radius 3 is 1.33 bits per heavy atom. The van der Waals surface area contributed by atoms with Gasteiger partial charge in [-0.3, -0.25) is 4.79 Å². The van der Waals surface area contributed by atoms with Crippen molar-refractivity contribution in [1.29, 1.82) is 0 Å². The first kappa shape index (κ1) is 29.1. The molecule has 0 rings (SSSR count). The Morgan fingerprint density at radius 1 is 0.733 bits per heavy atom. The number of carbonyl (C=O) groups is 1. The van der Waals surface area contributed by atoms with E-state index in [1.807, 2.05) is 0 Å². The Morgan fingerprint density at radius 2 is 1.07 bits per heavy atom. The van der Waals surface area contributed by atoms with Crippen molar-refractivity contribution in [3.8, 4) is 0 Å². The van der Waals surface area contributed by atoms with Crippen LogP contribution in [0.25, 0.3) is 0 Å². The minimum Gasteiger partial charge on any atom is -0.385 e. The van der Waals surface area contributed by atoms with Crippen molar-refractivity contribution in [2.75, 3.05) is 13.2 Å². The Kier molecular flexibility index (Phi) is 13.8. The molecule has 180 valence electrons. The fourth-order valence-corrected chi connectivity index (χ4v) is 3.06. The molecule has 0 fully saturated rings. The van der Waals surface area contributed by atoms with E-state index in [0.29, 0.717) is 0 Å². The van der Waals surface area contributed by atoms with Crippen LogP contribution < -0.4 is 0 Å². The summed E-state index contributed by atoms with van der Waals surface area (Å²) in [4.78, 5) is 12.0. The zero-order valence-electron chi connectivity index (χ0n) is 17.3. The zero-order chi connectivity index (χ0) is 23.4. The van der Waals surface area contributed by atoms with Crippen molar-refractivity contribution in [3.05, 3.63) is 0 Å². The molecule has 0 saturated carbocycles. The number of ketones is 1. The number of rotatable bonds is 16. The quantitative estimate of drug-likeness (QED) is 0.340. The summed E-state index contributed by atoms with van der Waals surface area (Å²) in [6, 6.07) is 0. The standard InChI is InChI=1S/C19H32F6O5/c1-3-29-13(11-18(20,21)22)7-5-9-15(26)17(28)16(27)10-6-8-14(30-4-2)12-19(23,24)25/h13-16,26-27H,3-12H2,1-2H3. The molecule has 0 aliphatic rings. The van der Waals surface area contributed by atoms with Crippen molar-refractivity contribution in [2.24, 2.45) is 0 Å². The molecule has 4 atom stereocenters. The summed E-state index contributed by atoms with van der Waals surface area (Å²) < 4.78 is 84.9. The molecule has 0 aromatic heterocycles. The van der Waals surface area contributed by atoms with Gasteiger partial charge in [-0.1, -0.05) is 0 Å². The van der Waals surface area contributed by atoms with Gasteiger partial charge in [0.1, 0.15) is 12.2 Å². The molecular formula is C19H32F6O5. The van der Waals surface area contributed by atoms with Gasteiger partial charge in [-0.25, -0.2) is 0 Å². The number of aliphatic hydroxyl groups is 2. The van der Waals surface area contributed by atoms with Gasteiger partial charge >= 0.3 is 12.4 Å². The average Bonchev–Trinajstić information content (AvgIpc) is 2.58. The van der Waals surface area contributed by atoms with Gasteiger partial charge in [0, 0.05) is 13.2 Å². The fourth-order valence-electron chi connectivity index (χ4n) is 3.06. The van der Waals surface area contributed by atoms with Crippen LogP contribution in [0.4, 0.5) is 26.3 Å². The van der Waals surface area contributed by atoms with E-state index in [1.54, 1.807) is 13.8 Å². The van der Waals surface area contributed by atoms with Gasteiger partial charge < -0.3 is 19.7 Å². The highest BCUT2D eigenvalue weighted by atomic mass is 19.4. The Balaban J connectivity index is 4.35. The summed E-state index contributed by atoms with van der Waals surface area (Å²) in [5, 5.41) is 19.7. The minimum absolute atomic E-state index is 0.0126. The molecule has 5 nitrogen and oxygen atoms in total. The van der Waals surface area contributed by atoms with Crippen LogP contribution in [-0.2, 0) is 14.3 Å². The van der Waals surface area contributed by atoms with Crippen molar-refractivity contribution in [1.82, 2.24) is 0 Å². The van der Waals surface area contributed by atoms with E-state index in [9.17, 15) is 41.4 Å². The lowest BCUT2D eigenvalue weighted by atomic mass is 9.98. The van der Waals surface area contributed by atoms with E-state index in [4.69, 9.17) is 9.47 Å². The average molecular weight is 454 g/mol. The van der Waals surface area contributed by atoms with Gasteiger partial charge in [0.2, 0.25) is 0 Å². The number of halogens is 6. The second kappa shape index (κ2) is 14.2. The molecule has 0 aromatic carbocycles. The molecule has 0 radical (unpaired) electrons. The van der Waals surface area contributed by atoms with Crippen LogP contribution >= 0.6 is 0 Å². The number of hydrogen-bond donors (Lipinski definition) is 2. The molecular weight excluding hydrogens is 422 g/mol. The SMILES string of the molecule is CCOC(CCCC(O)C(=O)C(O)CCCC(CC(F)(F)F)OCC)CC(F)(F)F. The number of alkyl halides is 6. The maximum atomic E-state index is 12.5. The van der Waals surface area contributed by atoms with Crippen LogP contribution in [0.3, 0.4) is 0 Å². The molecule has 2 N–H and O–H groups in total. The summed E-state index contributed by atoms with van der Waals surface area (Å²) in [5.41, 5.74) is 0. The lowest BCUT2D eigenvalue weighted by molar-refractivity contribution is -0.162. The van der Waals surface area contributed by atoms with Crippen LogP contribution in [0.1, 0.15) is 65.2 Å². The Hall–Kier alpha value is -0.910. The van der Waals surface area contributed by atoms with Crippen LogP contribution in [0.2, 0.25) is 0 Å². The molecule has 0 spiro atoms. The summed E-state index contributed by atoms with van der Waals surface area (Å²) in [6.07, 6.45) is -16.5. The van der Waals surface area contributed by atoms with Crippen LogP contribution in [0.15, 0.2) is 0 Å². The molecule has 0 amide bonds. The van der Waals surface area contributed by atoms with Crippen LogP contribution in [-0.4, -0.2) is 66.0 Å². The molecule has 30 heavy (non-hydrogen) atoms. The summed E-state index contributed by atoms with van der Waals surface area (Å²) in [6.45, 7) is 3.31. The number of ether oxygens (including phenoxy) is 2. The van der Waals surface area contributed by atoms with E-state index in [2.05, 4.69) is 0 Å². The van der Waals surface area contributed by atoms with E-state index in [1.165, 1.54) is 0 Å². The van der Waals surface area contributed by atoms with Gasteiger partial charge in [-0.05, 0) is 52.4 Å². The maximum Gasteiger partial charge on any atom is 0.391 e. The Bertz CT molecular complexity index is 429. The van der Waals surface area contributed by atoms with Gasteiger partial charge in [-0.15, -0.1) is 0 Å². The van der Waals surface area contributed by atoms with E-state index >= 15 is 0 Å². The fraction of sp³-hybridized carbons (Fsp3) is 0.947. The highest BCUT2D eigenvalue weighted by molar-refractivity contribution is 5.86. The molecule has 0 aliphatic carbocycles. The van der Waals surface area contributed by atoms with Crippen molar-refractivity contribution < 1.29 is 50.8 Å². The first-order valence-electron chi connectivity index (χ1n) is 10.1. The second-order valence-electron chi connectivity index (χ2n) is 7.09. The third-order valence-electron chi connectivity index (χ3n) is 4.39. The first-order valence-corrected chi connectivity index (χ1v) is 10.1. The number of hydrogen-bond acceptors (Lipinski definition) is 5. The third kappa shape index (κ3) is 15.0. The largest absolute Gasteiger partial charge is 0.391 e. The monoisotopic (exact) mass is 454 g/mol. The lowest BCUT2D eigenvalue weighted by Gasteiger charge is -2.20. The molecule has 0 heterocycles. The predicted octanol–water partition coefficient (Wildman–Crippen LogP) is 4.33. The van der Waals surface area contributed by atoms with Gasteiger partial charge in [-0.2, -0.15) is 26.3 Å². The molecule has 0 aliphatic heterocycles. The van der Waals surface area contributed by atoms with Gasteiger partial charge in [0.05, 0.1) is 25.0 Å². The summed E-state index contributed by atoms with van der Waals surface area (Å²) >= 11 is 0. The second-order valence-corrected chi connectivity index (χ2v) is 7.09. The lowest BCUT2D eigenvalue weighted by Crippen LogP contribution is -2.33. The predicted molar refractivity (Wildman–Crippen MR) is 96.9 cm³/mol. The van der Waals surface area contributed by atoms with E-state index in [0.717, 1.165) is 0 Å². The molecule has 11 heteroatoms. The summed E-state index contributed by atoms with van der Waals surface area (Å²) in [7, 11) is 0. The van der Waals surface area contributed by atoms with Crippen molar-refractivity contribution in [3.63, 3.8) is 0 Å². The highest BCUT2D eigenvalue weighted by Gasteiger charge is 2.33. The zero-order valence-corrected chi connectivity index (χ0v) is 17.3. The number of aliphatic hydroxyl groups excluding tert-OH is 2. The van der Waals surface area contributed by atoms with Crippen LogP contribution in [0, 0.1) is 0 Å². The Labute approximate surface area is 172 Å².